The molecule has 0 unspecified atom stereocenters. The molecule has 0 atom stereocenters. The average Bonchev–Trinajstić information content (AvgIpc) is 3.74. The zero-order chi connectivity index (χ0) is 53.7. The maximum Gasteiger partial charge on any atom is 0.192 e. The number of phenols is 1. The molecule has 1 aliphatic heterocycles. The highest BCUT2D eigenvalue weighted by Crippen LogP contribution is 2.55. The molecule has 1 spiro atoms. The second-order valence-corrected chi connectivity index (χ2v) is 32.4. The van der Waals surface area contributed by atoms with Crippen molar-refractivity contribution in [3.05, 3.63) is 111 Å². The Labute approximate surface area is 434 Å². The van der Waals surface area contributed by atoms with Crippen molar-refractivity contribution in [2.45, 2.75) is 175 Å². The summed E-state index contributed by atoms with van der Waals surface area (Å²) in [7, 11) is 1.20. The number of fused-ring (bicyclic) bond motifs is 2. The Morgan fingerprint density at radius 3 is 1.53 bits per heavy atom. The van der Waals surface area contributed by atoms with Gasteiger partial charge in [0.15, 0.2) is 37.0 Å². The molecule has 2 fully saturated rings. The van der Waals surface area contributed by atoms with Crippen molar-refractivity contribution in [1.29, 1.82) is 0 Å². The van der Waals surface area contributed by atoms with E-state index in [1.54, 1.807) is 27.4 Å². The lowest BCUT2D eigenvalue weighted by molar-refractivity contribution is -0.0447. The summed E-state index contributed by atoms with van der Waals surface area (Å²) in [6.07, 6.45) is 6.17. The fraction of sp³-hybridized carbons (Fsp3) is 0.586. The van der Waals surface area contributed by atoms with E-state index in [1.165, 1.54) is 17.5 Å². The van der Waals surface area contributed by atoms with Gasteiger partial charge in [-0.05, 0) is 171 Å². The van der Waals surface area contributed by atoms with E-state index in [0.29, 0.717) is 24.7 Å². The second-order valence-electron chi connectivity index (χ2n) is 22.7. The number of methoxy groups -OCH3 is 3. The molecule has 1 heterocycles. The topological polar surface area (TPSA) is 144 Å². The summed E-state index contributed by atoms with van der Waals surface area (Å²) in [5.41, 5.74) is 9.03. The van der Waals surface area contributed by atoms with Gasteiger partial charge in [0.1, 0.15) is 28.7 Å². The molecule has 72 heavy (non-hydrogen) atoms. The van der Waals surface area contributed by atoms with Gasteiger partial charge in [0.05, 0.1) is 32.0 Å². The quantitative estimate of drug-likeness (QED) is 0.0684. The molecule has 2 aliphatic carbocycles. The standard InChI is InChI=1S/C20H34O4Si.C16H28O3Si.C12H14O2.C10H14O3/c1-15-9-10-17(23-14-22-5)18(20(21)11-8-12-20)16(15)13-24-25(6,7)19(2,3)4;1-13-8-9-15(18-12-17-5)10-14(13)11-19-20(6,7)16(2,3)4;1-8-3-4-9(13)10-11(8)14-7-12(10)5-2-6-12;1-8-3-4-10(13-7-12-2)5-9(8)6-11/h9-10,21H,8,11-14H2,1-7H3;8-10H,11-12H2,1-7H3;3-4,13H,2,5-7H2,1H3;3-5,11H,6-7H2,1-2H3. The average molecular weight is 1040 g/mol. The van der Waals surface area contributed by atoms with Crippen LogP contribution >= 0.6 is 0 Å². The normalized spacial score (nSPS) is 15.5. The van der Waals surface area contributed by atoms with Crippen LogP contribution in [-0.4, -0.2) is 80.3 Å². The number of rotatable bonds is 17. The molecule has 0 aromatic heterocycles. The SMILES string of the molecule is COCOc1ccc(C)c(CO)c1.COCOc1ccc(C)c(CO[Si](C)(C)C(C)(C)C)c1.COCOc1ccc(C)c(CO[Si](C)(C)C(C)(C)C)c1C1(O)CCC1.Cc1ccc(O)c2c1OCC21CCC1. The summed E-state index contributed by atoms with van der Waals surface area (Å²) in [4.78, 5) is 0. The second kappa shape index (κ2) is 26.0. The molecule has 4 aromatic carbocycles. The first kappa shape index (κ1) is 60.6. The Kier molecular flexibility index (Phi) is 21.9. The Hall–Kier alpha value is -3.97. The van der Waals surface area contributed by atoms with E-state index < -0.39 is 22.2 Å². The lowest BCUT2D eigenvalue weighted by Crippen LogP contribution is -2.41. The first-order chi connectivity index (χ1) is 33.7. The van der Waals surface area contributed by atoms with E-state index in [9.17, 15) is 10.2 Å². The van der Waals surface area contributed by atoms with E-state index in [0.717, 1.165) is 94.9 Å². The Morgan fingerprint density at radius 2 is 1.06 bits per heavy atom. The third-order valence-electron chi connectivity index (χ3n) is 15.4. The molecule has 14 heteroatoms. The van der Waals surface area contributed by atoms with Crippen molar-refractivity contribution in [1.82, 2.24) is 0 Å². The number of aliphatic hydroxyl groups is 2. The van der Waals surface area contributed by atoms with Gasteiger partial charge in [0.2, 0.25) is 0 Å². The maximum atomic E-state index is 11.1. The summed E-state index contributed by atoms with van der Waals surface area (Å²) in [5, 5.41) is 30.3. The van der Waals surface area contributed by atoms with Crippen LogP contribution in [0.15, 0.2) is 60.7 Å². The van der Waals surface area contributed by atoms with Gasteiger partial charge in [0.25, 0.3) is 0 Å². The highest BCUT2D eigenvalue weighted by molar-refractivity contribution is 6.74. The van der Waals surface area contributed by atoms with Crippen molar-refractivity contribution >= 4 is 16.6 Å². The summed E-state index contributed by atoms with van der Waals surface area (Å²) >= 11 is 0. The zero-order valence-electron chi connectivity index (χ0n) is 47.0. The summed E-state index contributed by atoms with van der Waals surface area (Å²) in [5.74, 6) is 3.61. The van der Waals surface area contributed by atoms with Crippen LogP contribution in [0.2, 0.25) is 36.3 Å². The molecule has 7 rings (SSSR count). The highest BCUT2D eigenvalue weighted by Gasteiger charge is 2.48. The van der Waals surface area contributed by atoms with Crippen molar-refractivity contribution < 1.29 is 57.3 Å². The fourth-order valence-electron chi connectivity index (χ4n) is 8.09. The molecular weight excluding hydrogens is 945 g/mol. The van der Waals surface area contributed by atoms with Gasteiger partial charge in [-0.15, -0.1) is 0 Å². The van der Waals surface area contributed by atoms with Crippen molar-refractivity contribution in [3.63, 3.8) is 0 Å². The molecule has 0 bridgehead atoms. The predicted octanol–water partition coefficient (Wildman–Crippen LogP) is 13.4. The Balaban J connectivity index is 0.000000215. The first-order valence-electron chi connectivity index (χ1n) is 25.4. The molecule has 402 valence electrons. The van der Waals surface area contributed by atoms with Crippen molar-refractivity contribution in [2.75, 3.05) is 48.3 Å². The van der Waals surface area contributed by atoms with E-state index in [1.807, 2.05) is 62.4 Å². The monoisotopic (exact) mass is 1030 g/mol. The van der Waals surface area contributed by atoms with Crippen LogP contribution in [0.3, 0.4) is 0 Å². The molecule has 3 N–H and O–H groups in total. The fourth-order valence-corrected chi connectivity index (χ4v) is 9.97. The third-order valence-corrected chi connectivity index (χ3v) is 24.4. The van der Waals surface area contributed by atoms with Crippen molar-refractivity contribution in [3.8, 4) is 28.7 Å². The number of aryl methyl sites for hydroxylation is 4. The largest absolute Gasteiger partial charge is 0.508 e. The number of hydrogen-bond acceptors (Lipinski definition) is 12. The molecule has 12 nitrogen and oxygen atoms in total. The smallest absolute Gasteiger partial charge is 0.192 e. The minimum atomic E-state index is -1.87. The molecule has 0 amide bonds. The molecule has 2 saturated carbocycles. The Bertz CT molecular complexity index is 2340. The van der Waals surface area contributed by atoms with Crippen LogP contribution in [0, 0.1) is 27.7 Å². The molecule has 3 aliphatic rings. The van der Waals surface area contributed by atoms with Crippen LogP contribution in [0.25, 0.3) is 0 Å². The number of hydrogen-bond donors (Lipinski definition) is 3. The van der Waals surface area contributed by atoms with Gasteiger partial charge in [-0.25, -0.2) is 0 Å². The van der Waals surface area contributed by atoms with Crippen molar-refractivity contribution in [2.24, 2.45) is 0 Å². The Morgan fingerprint density at radius 1 is 0.583 bits per heavy atom. The highest BCUT2D eigenvalue weighted by atomic mass is 28.4. The van der Waals surface area contributed by atoms with E-state index in [-0.39, 0.29) is 42.5 Å². The number of ether oxygens (including phenoxy) is 7. The van der Waals surface area contributed by atoms with E-state index in [2.05, 4.69) is 87.6 Å². The minimum absolute atomic E-state index is 0.0377. The molecule has 0 radical (unpaired) electrons. The summed E-state index contributed by atoms with van der Waals surface area (Å²) < 4.78 is 49.7. The van der Waals surface area contributed by atoms with Crippen LogP contribution in [-0.2, 0) is 53.9 Å². The molecule has 4 aromatic rings. The lowest BCUT2D eigenvalue weighted by Gasteiger charge is -2.41. The van der Waals surface area contributed by atoms with Gasteiger partial charge in [-0.1, -0.05) is 72.2 Å². The van der Waals surface area contributed by atoms with Gasteiger partial charge < -0.3 is 57.3 Å². The number of benzene rings is 4. The van der Waals surface area contributed by atoms with Crippen LogP contribution in [0.4, 0.5) is 0 Å². The van der Waals surface area contributed by atoms with Gasteiger partial charge in [0, 0.05) is 37.9 Å². The minimum Gasteiger partial charge on any atom is -0.508 e. The predicted molar refractivity (Wildman–Crippen MR) is 293 cm³/mol. The number of aliphatic hydroxyl groups excluding tert-OH is 1. The van der Waals surface area contributed by atoms with Crippen LogP contribution in [0.1, 0.15) is 130 Å². The maximum absolute atomic E-state index is 11.1. The van der Waals surface area contributed by atoms with Gasteiger partial charge in [-0.3, -0.25) is 0 Å². The number of aromatic hydroxyl groups is 1. The lowest BCUT2D eigenvalue weighted by atomic mass is 9.65. The van der Waals surface area contributed by atoms with E-state index in [4.69, 9.17) is 47.1 Å². The van der Waals surface area contributed by atoms with Gasteiger partial charge >= 0.3 is 0 Å². The summed E-state index contributed by atoms with van der Waals surface area (Å²) in [6, 6.07) is 19.4. The first-order valence-corrected chi connectivity index (χ1v) is 31.3. The third kappa shape index (κ3) is 15.5. The number of phenolic OH excluding ortho intramolecular Hbond substituents is 1. The van der Waals surface area contributed by atoms with E-state index >= 15 is 0 Å². The molecule has 0 saturated heterocycles. The van der Waals surface area contributed by atoms with Gasteiger partial charge in [-0.2, -0.15) is 0 Å². The molecular formula is C58H90O12Si2. The zero-order valence-corrected chi connectivity index (χ0v) is 49.0. The van der Waals surface area contributed by atoms with Crippen LogP contribution in [0.5, 0.6) is 28.7 Å². The summed E-state index contributed by atoms with van der Waals surface area (Å²) in [6.45, 7) is 33.3. The van der Waals surface area contributed by atoms with Crippen LogP contribution < -0.4 is 18.9 Å².